The van der Waals surface area contributed by atoms with Crippen LogP contribution in [0.4, 0.5) is 0 Å². The third-order valence-corrected chi connectivity index (χ3v) is 4.88. The molecule has 2 N–H and O–H groups in total. The van der Waals surface area contributed by atoms with Gasteiger partial charge < -0.3 is 15.2 Å². The number of thiophene rings is 1. The third kappa shape index (κ3) is 2.12. The van der Waals surface area contributed by atoms with Crippen LogP contribution in [0.2, 0.25) is 0 Å². The summed E-state index contributed by atoms with van der Waals surface area (Å²) in [5, 5.41) is 17.4. The summed E-state index contributed by atoms with van der Waals surface area (Å²) < 4.78 is 7.31. The molecule has 1 aliphatic heterocycles. The number of hydrogen-bond acceptors (Lipinski definition) is 4. The molecule has 2 aromatic rings. The molecular formula is C16H21NO2S. The number of benzene rings is 1. The first-order valence-electron chi connectivity index (χ1n) is 7.15. The van der Waals surface area contributed by atoms with Crippen molar-refractivity contribution in [1.29, 1.82) is 0 Å². The Morgan fingerprint density at radius 2 is 2.15 bits per heavy atom. The number of rotatable bonds is 3. The van der Waals surface area contributed by atoms with Crippen LogP contribution in [0.25, 0.3) is 10.1 Å². The lowest BCUT2D eigenvalue weighted by Gasteiger charge is -2.42. The maximum absolute atomic E-state index is 10.6. The first-order chi connectivity index (χ1) is 9.54. The zero-order chi connectivity index (χ0) is 14.3. The molecule has 3 nitrogen and oxygen atoms in total. The maximum Gasteiger partial charge on any atom is 0.142 e. The molecule has 0 fully saturated rings. The van der Waals surface area contributed by atoms with Gasteiger partial charge in [-0.25, -0.2) is 0 Å². The van der Waals surface area contributed by atoms with Crippen molar-refractivity contribution in [2.45, 2.75) is 44.9 Å². The minimum absolute atomic E-state index is 0.0693. The van der Waals surface area contributed by atoms with Crippen molar-refractivity contribution in [3.8, 4) is 5.75 Å². The van der Waals surface area contributed by atoms with Gasteiger partial charge in [0.25, 0.3) is 0 Å². The Labute approximate surface area is 123 Å². The van der Waals surface area contributed by atoms with Crippen LogP contribution in [0.3, 0.4) is 0 Å². The normalized spacial score (nSPS) is 24.4. The Kier molecular flexibility index (Phi) is 3.48. The number of aliphatic hydroxyl groups is 1. The zero-order valence-electron chi connectivity index (χ0n) is 12.1. The zero-order valence-corrected chi connectivity index (χ0v) is 13.0. The Morgan fingerprint density at radius 3 is 2.90 bits per heavy atom. The fraction of sp³-hybridized carbons (Fsp3) is 0.500. The fourth-order valence-corrected chi connectivity index (χ4v) is 3.68. The highest BCUT2D eigenvalue weighted by molar-refractivity contribution is 7.17. The van der Waals surface area contributed by atoms with Crippen molar-refractivity contribution in [3.63, 3.8) is 0 Å². The maximum atomic E-state index is 10.6. The summed E-state index contributed by atoms with van der Waals surface area (Å²) in [5.41, 5.74) is 0.483. The molecule has 20 heavy (non-hydrogen) atoms. The van der Waals surface area contributed by atoms with Gasteiger partial charge in [-0.3, -0.25) is 0 Å². The standard InChI is InChI=1S/C16H21NO2S/c1-4-8-17-12-11-6-5-10-7-9-20-14(10)13(11)19-16(2,3)15(12)18/h5-7,9,12,15,17-18H,4,8H2,1-3H3. The molecule has 2 heterocycles. The topological polar surface area (TPSA) is 41.5 Å². The lowest BCUT2D eigenvalue weighted by atomic mass is 9.86. The first-order valence-corrected chi connectivity index (χ1v) is 8.03. The molecule has 4 heteroatoms. The molecule has 0 spiro atoms. The molecule has 0 saturated carbocycles. The van der Waals surface area contributed by atoms with Gasteiger partial charge >= 0.3 is 0 Å². The molecule has 2 unspecified atom stereocenters. The SMILES string of the molecule is CCCNC1c2ccc3ccsc3c2OC(C)(C)C1O. The van der Waals surface area contributed by atoms with Gasteiger partial charge in [0.05, 0.1) is 10.7 Å². The van der Waals surface area contributed by atoms with E-state index in [0.717, 1.165) is 24.3 Å². The molecule has 108 valence electrons. The van der Waals surface area contributed by atoms with E-state index >= 15 is 0 Å². The number of ether oxygens (including phenoxy) is 1. The molecule has 0 bridgehead atoms. The van der Waals surface area contributed by atoms with Crippen LogP contribution in [0.1, 0.15) is 38.8 Å². The van der Waals surface area contributed by atoms with E-state index in [1.54, 1.807) is 11.3 Å². The van der Waals surface area contributed by atoms with Gasteiger partial charge in [0.2, 0.25) is 0 Å². The highest BCUT2D eigenvalue weighted by Crippen LogP contribution is 2.45. The van der Waals surface area contributed by atoms with Crippen molar-refractivity contribution in [2.24, 2.45) is 0 Å². The molecule has 0 radical (unpaired) electrons. The Morgan fingerprint density at radius 1 is 1.35 bits per heavy atom. The number of nitrogens with one attached hydrogen (secondary N) is 1. The van der Waals surface area contributed by atoms with Crippen molar-refractivity contribution in [1.82, 2.24) is 5.32 Å². The van der Waals surface area contributed by atoms with Crippen LogP contribution in [0.15, 0.2) is 23.6 Å². The molecular weight excluding hydrogens is 270 g/mol. The van der Waals surface area contributed by atoms with Gasteiger partial charge in [0.1, 0.15) is 17.5 Å². The lowest BCUT2D eigenvalue weighted by molar-refractivity contribution is -0.0633. The van der Waals surface area contributed by atoms with Crippen molar-refractivity contribution < 1.29 is 9.84 Å². The second-order valence-electron chi connectivity index (χ2n) is 5.91. The Hall–Kier alpha value is -1.10. The van der Waals surface area contributed by atoms with Crippen LogP contribution >= 0.6 is 11.3 Å². The van der Waals surface area contributed by atoms with Crippen LogP contribution in [-0.2, 0) is 0 Å². The van der Waals surface area contributed by atoms with E-state index in [2.05, 4.69) is 35.8 Å². The minimum Gasteiger partial charge on any atom is -0.483 e. The Bertz CT molecular complexity index is 620. The molecule has 3 rings (SSSR count). The van der Waals surface area contributed by atoms with Crippen molar-refractivity contribution in [3.05, 3.63) is 29.1 Å². The Balaban J connectivity index is 2.12. The number of hydrogen-bond donors (Lipinski definition) is 2. The highest BCUT2D eigenvalue weighted by atomic mass is 32.1. The van der Waals surface area contributed by atoms with Gasteiger partial charge in [0, 0.05) is 5.56 Å². The van der Waals surface area contributed by atoms with E-state index in [1.165, 1.54) is 10.1 Å². The third-order valence-electron chi connectivity index (χ3n) is 3.95. The minimum atomic E-state index is -0.587. The van der Waals surface area contributed by atoms with Crippen LogP contribution in [-0.4, -0.2) is 23.4 Å². The summed E-state index contributed by atoms with van der Waals surface area (Å²) in [6, 6.07) is 6.23. The summed E-state index contributed by atoms with van der Waals surface area (Å²) >= 11 is 1.70. The first kappa shape index (κ1) is 13.9. The molecule has 1 aromatic heterocycles. The van der Waals surface area contributed by atoms with Crippen LogP contribution in [0.5, 0.6) is 5.75 Å². The largest absolute Gasteiger partial charge is 0.483 e. The van der Waals surface area contributed by atoms with E-state index in [9.17, 15) is 5.11 Å². The van der Waals surface area contributed by atoms with E-state index in [0.29, 0.717) is 0 Å². The molecule has 0 aliphatic carbocycles. The fourth-order valence-electron chi connectivity index (χ4n) is 2.79. The van der Waals surface area contributed by atoms with Gasteiger partial charge in [-0.05, 0) is 43.6 Å². The summed E-state index contributed by atoms with van der Waals surface area (Å²) in [6.45, 7) is 6.92. The summed E-state index contributed by atoms with van der Waals surface area (Å²) in [7, 11) is 0. The molecule has 2 atom stereocenters. The lowest BCUT2D eigenvalue weighted by Crippen LogP contribution is -2.52. The smallest absolute Gasteiger partial charge is 0.142 e. The summed E-state index contributed by atoms with van der Waals surface area (Å²) in [6.07, 6.45) is 0.486. The average Bonchev–Trinajstić information content (AvgIpc) is 2.88. The highest BCUT2D eigenvalue weighted by Gasteiger charge is 2.43. The van der Waals surface area contributed by atoms with Crippen LogP contribution in [0, 0.1) is 0 Å². The molecule has 0 amide bonds. The van der Waals surface area contributed by atoms with E-state index in [-0.39, 0.29) is 6.04 Å². The van der Waals surface area contributed by atoms with Gasteiger partial charge in [-0.15, -0.1) is 11.3 Å². The molecule has 1 aromatic carbocycles. The molecule has 1 aliphatic rings. The monoisotopic (exact) mass is 291 g/mol. The second-order valence-corrected chi connectivity index (χ2v) is 6.82. The van der Waals surface area contributed by atoms with E-state index in [1.807, 2.05) is 13.8 Å². The van der Waals surface area contributed by atoms with Gasteiger partial charge in [-0.1, -0.05) is 19.1 Å². The number of aliphatic hydroxyl groups excluding tert-OH is 1. The predicted octanol–water partition coefficient (Wildman–Crippen LogP) is 3.47. The van der Waals surface area contributed by atoms with E-state index < -0.39 is 11.7 Å². The second kappa shape index (κ2) is 5.02. The van der Waals surface area contributed by atoms with E-state index in [4.69, 9.17) is 4.74 Å². The van der Waals surface area contributed by atoms with Crippen LogP contribution < -0.4 is 10.1 Å². The predicted molar refractivity (Wildman–Crippen MR) is 83.6 cm³/mol. The van der Waals surface area contributed by atoms with Crippen molar-refractivity contribution in [2.75, 3.05) is 6.54 Å². The summed E-state index contributed by atoms with van der Waals surface area (Å²) in [5.74, 6) is 0.932. The quantitative estimate of drug-likeness (QED) is 0.910. The van der Waals surface area contributed by atoms with Gasteiger partial charge in [0.15, 0.2) is 0 Å². The number of fused-ring (bicyclic) bond motifs is 3. The average molecular weight is 291 g/mol. The van der Waals surface area contributed by atoms with Gasteiger partial charge in [-0.2, -0.15) is 0 Å². The summed E-state index contributed by atoms with van der Waals surface area (Å²) in [4.78, 5) is 0. The van der Waals surface area contributed by atoms with Crippen molar-refractivity contribution >= 4 is 21.4 Å². The molecule has 0 saturated heterocycles.